The molecule has 2 aliphatic rings. The molecule has 30 heavy (non-hydrogen) atoms. The molecule has 170 valence electrons. The molecule has 10 heteroatoms. The highest BCUT2D eigenvalue weighted by Crippen LogP contribution is 2.38. The number of nitrogens with zero attached hydrogens (tertiary/aromatic N) is 2. The topological polar surface area (TPSA) is 67.4 Å². The molecule has 1 aromatic rings. The molecule has 7 nitrogen and oxygen atoms in total. The minimum absolute atomic E-state index is 0. The van der Waals surface area contributed by atoms with Crippen LogP contribution in [0.1, 0.15) is 31.7 Å². The van der Waals surface area contributed by atoms with Gasteiger partial charge in [-0.2, -0.15) is 8.78 Å². The van der Waals surface area contributed by atoms with Gasteiger partial charge >= 0.3 is 6.61 Å². The summed E-state index contributed by atoms with van der Waals surface area (Å²) >= 11 is 0. The molecule has 0 aliphatic carbocycles. The Hall–Kier alpha value is -1.56. The van der Waals surface area contributed by atoms with Gasteiger partial charge in [-0.05, 0) is 50.9 Å². The van der Waals surface area contributed by atoms with Crippen LogP contribution in [0.4, 0.5) is 8.78 Å². The summed E-state index contributed by atoms with van der Waals surface area (Å²) in [5.74, 6) is 2.42. The van der Waals surface area contributed by atoms with Crippen molar-refractivity contribution in [2.24, 2.45) is 10.9 Å². The number of hydrogen-bond donors (Lipinski definition) is 2. The maximum absolute atomic E-state index is 12.7. The van der Waals surface area contributed by atoms with Crippen LogP contribution in [0, 0.1) is 5.92 Å². The standard InChI is InChI=1S/C20H30F2N4O3.HI/c1-14-4-8-26(9-5-14)7-3-6-24-20(23-2)25-12-15-10-17-18(28-13-27-17)11-16(15)29-19(21)22;/h10-11,14,19H,3-9,12-13H2,1-2H3,(H2,23,24,25);1H. The number of rotatable bonds is 8. The monoisotopic (exact) mass is 540 g/mol. The summed E-state index contributed by atoms with van der Waals surface area (Å²) in [6.07, 6.45) is 3.56. The van der Waals surface area contributed by atoms with E-state index in [-0.39, 0.29) is 43.1 Å². The molecule has 2 N–H and O–H groups in total. The number of halogens is 3. The molecule has 0 bridgehead atoms. The Morgan fingerprint density at radius 1 is 1.23 bits per heavy atom. The highest BCUT2D eigenvalue weighted by molar-refractivity contribution is 14.0. The van der Waals surface area contributed by atoms with Crippen molar-refractivity contribution in [2.45, 2.75) is 39.3 Å². The van der Waals surface area contributed by atoms with Gasteiger partial charge in [0.25, 0.3) is 0 Å². The first-order valence-corrected chi connectivity index (χ1v) is 10.1. The first-order valence-electron chi connectivity index (χ1n) is 10.1. The summed E-state index contributed by atoms with van der Waals surface area (Å²) < 4.78 is 40.7. The lowest BCUT2D eigenvalue weighted by Crippen LogP contribution is -2.39. The number of fused-ring (bicyclic) bond motifs is 1. The van der Waals surface area contributed by atoms with Crippen LogP contribution in [0.5, 0.6) is 17.2 Å². The average Bonchev–Trinajstić information content (AvgIpc) is 3.15. The SMILES string of the molecule is CN=C(NCCCN1CCC(C)CC1)NCc1cc2c(cc1OC(F)F)OCO2.I. The van der Waals surface area contributed by atoms with Gasteiger partial charge in [0.05, 0.1) is 0 Å². The Bertz CT molecular complexity index is 701. The number of alkyl halides is 2. The van der Waals surface area contributed by atoms with Crippen LogP contribution in [0.3, 0.4) is 0 Å². The molecule has 2 heterocycles. The van der Waals surface area contributed by atoms with Gasteiger partial charge in [0.15, 0.2) is 17.5 Å². The first kappa shape index (κ1) is 24.7. The van der Waals surface area contributed by atoms with Gasteiger partial charge in [0.1, 0.15) is 5.75 Å². The molecule has 3 rings (SSSR count). The molecule has 1 saturated heterocycles. The van der Waals surface area contributed by atoms with Crippen LogP contribution in [-0.2, 0) is 6.54 Å². The van der Waals surface area contributed by atoms with Crippen molar-refractivity contribution in [3.63, 3.8) is 0 Å². The molecule has 1 aromatic carbocycles. The molecule has 1 fully saturated rings. The van der Waals surface area contributed by atoms with E-state index < -0.39 is 6.61 Å². The van der Waals surface area contributed by atoms with E-state index in [2.05, 4.69) is 32.2 Å². The van der Waals surface area contributed by atoms with Crippen molar-refractivity contribution in [3.8, 4) is 17.2 Å². The second kappa shape index (κ2) is 12.3. The van der Waals surface area contributed by atoms with Crippen molar-refractivity contribution >= 4 is 29.9 Å². The quantitative estimate of drug-likeness (QED) is 0.228. The first-order chi connectivity index (χ1) is 14.0. The van der Waals surface area contributed by atoms with E-state index in [9.17, 15) is 8.78 Å². The number of nitrogens with one attached hydrogen (secondary N) is 2. The Morgan fingerprint density at radius 2 is 1.93 bits per heavy atom. The second-order valence-electron chi connectivity index (χ2n) is 7.42. The van der Waals surface area contributed by atoms with Gasteiger partial charge in [-0.25, -0.2) is 0 Å². The predicted molar refractivity (Wildman–Crippen MR) is 122 cm³/mol. The minimum Gasteiger partial charge on any atom is -0.454 e. The van der Waals surface area contributed by atoms with Crippen LogP contribution in [0.15, 0.2) is 17.1 Å². The summed E-state index contributed by atoms with van der Waals surface area (Å²) in [5.41, 5.74) is 0.542. The van der Waals surface area contributed by atoms with Crippen molar-refractivity contribution in [2.75, 3.05) is 40.0 Å². The second-order valence-corrected chi connectivity index (χ2v) is 7.42. The fourth-order valence-electron chi connectivity index (χ4n) is 3.50. The van der Waals surface area contributed by atoms with Crippen molar-refractivity contribution < 1.29 is 23.0 Å². The zero-order valence-corrected chi connectivity index (χ0v) is 19.8. The third kappa shape index (κ3) is 7.29. The Balaban J connectivity index is 0.00000320. The maximum atomic E-state index is 12.7. The van der Waals surface area contributed by atoms with Crippen LogP contribution in [0.2, 0.25) is 0 Å². The van der Waals surface area contributed by atoms with E-state index in [1.54, 1.807) is 13.1 Å². The van der Waals surface area contributed by atoms with Crippen LogP contribution >= 0.6 is 24.0 Å². The van der Waals surface area contributed by atoms with Gasteiger partial charge in [-0.15, -0.1) is 24.0 Å². The van der Waals surface area contributed by atoms with Crippen molar-refractivity contribution in [3.05, 3.63) is 17.7 Å². The van der Waals surface area contributed by atoms with E-state index in [4.69, 9.17) is 9.47 Å². The summed E-state index contributed by atoms with van der Waals surface area (Å²) in [7, 11) is 1.68. The number of benzene rings is 1. The van der Waals surface area contributed by atoms with Crippen LogP contribution in [-0.4, -0.2) is 57.5 Å². The number of hydrogen-bond acceptors (Lipinski definition) is 5. The third-order valence-corrected chi connectivity index (χ3v) is 5.26. The van der Waals surface area contributed by atoms with Gasteiger partial charge in [0.2, 0.25) is 6.79 Å². The Labute approximate surface area is 193 Å². The summed E-state index contributed by atoms with van der Waals surface area (Å²) in [6, 6.07) is 3.08. The minimum atomic E-state index is -2.91. The third-order valence-electron chi connectivity index (χ3n) is 5.26. The molecule has 0 radical (unpaired) electrons. The number of ether oxygens (including phenoxy) is 3. The molecule has 0 amide bonds. The van der Waals surface area contributed by atoms with Crippen LogP contribution < -0.4 is 24.8 Å². The summed E-state index contributed by atoms with van der Waals surface area (Å²) in [4.78, 5) is 6.69. The zero-order valence-electron chi connectivity index (χ0n) is 17.5. The van der Waals surface area contributed by atoms with Gasteiger partial charge < -0.3 is 29.7 Å². The number of piperidine rings is 1. The normalized spacial score (nSPS) is 17.0. The zero-order chi connectivity index (χ0) is 20.6. The highest BCUT2D eigenvalue weighted by Gasteiger charge is 2.20. The van der Waals surface area contributed by atoms with E-state index in [0.29, 0.717) is 23.0 Å². The van der Waals surface area contributed by atoms with Gasteiger partial charge in [0, 0.05) is 31.8 Å². The van der Waals surface area contributed by atoms with E-state index >= 15 is 0 Å². The molecule has 0 saturated carbocycles. The molecule has 0 unspecified atom stereocenters. The van der Waals surface area contributed by atoms with Gasteiger partial charge in [-0.1, -0.05) is 6.92 Å². The number of likely N-dealkylation sites (tertiary alicyclic amines) is 1. The molecular weight excluding hydrogens is 509 g/mol. The van der Waals surface area contributed by atoms with Crippen molar-refractivity contribution in [1.82, 2.24) is 15.5 Å². The summed E-state index contributed by atoms with van der Waals surface area (Å²) in [6.45, 7) is 3.92. The average molecular weight is 540 g/mol. The molecular formula is C20H31F2IN4O3. The fraction of sp³-hybridized carbons (Fsp3) is 0.650. The molecule has 0 aromatic heterocycles. The lowest BCUT2D eigenvalue weighted by Gasteiger charge is -2.30. The van der Waals surface area contributed by atoms with Crippen LogP contribution in [0.25, 0.3) is 0 Å². The number of guanidine groups is 1. The van der Waals surface area contributed by atoms with E-state index in [1.165, 1.54) is 32.0 Å². The Kier molecular flexibility index (Phi) is 10.2. The summed E-state index contributed by atoms with van der Waals surface area (Å²) in [5, 5.41) is 6.41. The lowest BCUT2D eigenvalue weighted by atomic mass is 9.99. The Morgan fingerprint density at radius 3 is 2.60 bits per heavy atom. The fourth-order valence-corrected chi connectivity index (χ4v) is 3.50. The largest absolute Gasteiger partial charge is 0.454 e. The predicted octanol–water partition coefficient (Wildman–Crippen LogP) is 3.42. The van der Waals surface area contributed by atoms with E-state index in [1.807, 2.05) is 0 Å². The maximum Gasteiger partial charge on any atom is 0.387 e. The molecule has 2 aliphatic heterocycles. The number of aliphatic imine (C=N–C) groups is 1. The lowest BCUT2D eigenvalue weighted by molar-refractivity contribution is -0.0505. The smallest absolute Gasteiger partial charge is 0.387 e. The molecule has 0 atom stereocenters. The van der Waals surface area contributed by atoms with Crippen molar-refractivity contribution in [1.29, 1.82) is 0 Å². The van der Waals surface area contributed by atoms with E-state index in [0.717, 1.165) is 25.4 Å². The molecule has 0 spiro atoms. The van der Waals surface area contributed by atoms with Gasteiger partial charge in [-0.3, -0.25) is 4.99 Å². The highest BCUT2D eigenvalue weighted by atomic mass is 127.